The van der Waals surface area contributed by atoms with Gasteiger partial charge in [-0.15, -0.1) is 0 Å². The molecule has 0 aliphatic heterocycles. The van der Waals surface area contributed by atoms with Gasteiger partial charge in [-0.1, -0.05) is 6.92 Å². The Balaban J connectivity index is 2.16. The molecule has 0 fully saturated rings. The van der Waals surface area contributed by atoms with Gasteiger partial charge in [0.25, 0.3) is 5.69 Å². The lowest BCUT2D eigenvalue weighted by atomic mass is 10.1. The molecule has 1 heterocycles. The highest BCUT2D eigenvalue weighted by atomic mass is 32.2. The normalized spacial score (nSPS) is 13.0. The molecule has 1 aromatic heterocycles. The third-order valence-electron chi connectivity index (χ3n) is 3.78. The molecular formula is C15H20N4O4S. The predicted molar refractivity (Wildman–Crippen MR) is 89.1 cm³/mol. The van der Waals surface area contributed by atoms with Gasteiger partial charge in [0, 0.05) is 37.6 Å². The Bertz CT molecular complexity index is 831. The number of sulfonamides is 1. The van der Waals surface area contributed by atoms with Gasteiger partial charge < -0.3 is 0 Å². The number of nitro groups is 1. The predicted octanol–water partition coefficient (Wildman–Crippen LogP) is 2.02. The third-order valence-corrected chi connectivity index (χ3v) is 5.33. The lowest BCUT2D eigenvalue weighted by molar-refractivity contribution is -0.385. The van der Waals surface area contributed by atoms with E-state index in [2.05, 4.69) is 9.82 Å². The average Bonchev–Trinajstić information content (AvgIpc) is 3.00. The number of nitrogens with one attached hydrogen (secondary N) is 1. The summed E-state index contributed by atoms with van der Waals surface area (Å²) in [4.78, 5) is 10.3. The molecule has 2 aromatic rings. The van der Waals surface area contributed by atoms with Crippen molar-refractivity contribution in [2.45, 2.75) is 32.2 Å². The summed E-state index contributed by atoms with van der Waals surface area (Å²) in [5, 5.41) is 15.0. The summed E-state index contributed by atoms with van der Waals surface area (Å²) in [5.74, 6) is 0.0137. The fraction of sp³-hybridized carbons (Fsp3) is 0.400. The Labute approximate surface area is 140 Å². The van der Waals surface area contributed by atoms with E-state index in [0.717, 1.165) is 6.07 Å². The van der Waals surface area contributed by atoms with Crippen molar-refractivity contribution in [2.75, 3.05) is 6.54 Å². The first-order valence-corrected chi connectivity index (χ1v) is 8.91. The average molecular weight is 352 g/mol. The molecule has 1 N–H and O–H groups in total. The van der Waals surface area contributed by atoms with Gasteiger partial charge in [0.05, 0.1) is 9.82 Å². The van der Waals surface area contributed by atoms with Crippen LogP contribution in [0.25, 0.3) is 0 Å². The molecule has 0 radical (unpaired) electrons. The molecule has 24 heavy (non-hydrogen) atoms. The van der Waals surface area contributed by atoms with Crippen LogP contribution in [0.5, 0.6) is 0 Å². The first-order chi connectivity index (χ1) is 11.2. The number of aromatic nitrogens is 2. The van der Waals surface area contributed by atoms with Crippen LogP contribution in [0.3, 0.4) is 0 Å². The van der Waals surface area contributed by atoms with Crippen molar-refractivity contribution in [3.05, 3.63) is 51.8 Å². The Morgan fingerprint density at radius 3 is 2.67 bits per heavy atom. The maximum absolute atomic E-state index is 12.5. The van der Waals surface area contributed by atoms with Gasteiger partial charge in [0.15, 0.2) is 0 Å². The van der Waals surface area contributed by atoms with Gasteiger partial charge in [0.2, 0.25) is 10.0 Å². The second-order valence-electron chi connectivity index (χ2n) is 5.83. The van der Waals surface area contributed by atoms with Crippen LogP contribution < -0.4 is 4.72 Å². The van der Waals surface area contributed by atoms with Gasteiger partial charge in [-0.25, -0.2) is 13.1 Å². The first kappa shape index (κ1) is 18.1. The Morgan fingerprint density at radius 1 is 1.38 bits per heavy atom. The van der Waals surface area contributed by atoms with E-state index >= 15 is 0 Å². The summed E-state index contributed by atoms with van der Waals surface area (Å²) in [6.45, 7) is 5.98. The fourth-order valence-corrected chi connectivity index (χ4v) is 3.81. The molecule has 1 unspecified atom stereocenters. The number of non-ortho nitro benzene ring substituents is 1. The van der Waals surface area contributed by atoms with Crippen molar-refractivity contribution in [3.63, 3.8) is 0 Å². The molecule has 1 aromatic carbocycles. The maximum atomic E-state index is 12.5. The van der Waals surface area contributed by atoms with Gasteiger partial charge >= 0.3 is 0 Å². The SMILES string of the molecule is Cc1cc([N+](=O)[O-])cc(S(=O)(=O)NCC(C)Cn2cccn2)c1C. The lowest BCUT2D eigenvalue weighted by Crippen LogP contribution is -2.30. The number of hydrogen-bond acceptors (Lipinski definition) is 5. The smallest absolute Gasteiger partial charge is 0.271 e. The van der Waals surface area contributed by atoms with Crippen molar-refractivity contribution in [1.29, 1.82) is 0 Å². The molecule has 0 bridgehead atoms. The summed E-state index contributed by atoms with van der Waals surface area (Å²) in [6.07, 6.45) is 3.46. The van der Waals surface area contributed by atoms with E-state index in [1.165, 1.54) is 6.07 Å². The van der Waals surface area contributed by atoms with E-state index in [0.29, 0.717) is 17.7 Å². The van der Waals surface area contributed by atoms with Crippen LogP contribution in [0.1, 0.15) is 18.1 Å². The van der Waals surface area contributed by atoms with Gasteiger partial charge in [-0.3, -0.25) is 14.8 Å². The van der Waals surface area contributed by atoms with Gasteiger partial charge in [-0.05, 0) is 37.0 Å². The Morgan fingerprint density at radius 2 is 2.08 bits per heavy atom. The van der Waals surface area contributed by atoms with E-state index in [-0.39, 0.29) is 23.0 Å². The third kappa shape index (κ3) is 4.18. The Hall–Kier alpha value is -2.26. The van der Waals surface area contributed by atoms with Gasteiger partial charge in [-0.2, -0.15) is 5.10 Å². The van der Waals surface area contributed by atoms with Crippen molar-refractivity contribution < 1.29 is 13.3 Å². The molecule has 8 nitrogen and oxygen atoms in total. The molecule has 1 atom stereocenters. The minimum absolute atomic E-state index is 0.0137. The molecule has 0 aliphatic rings. The number of rotatable bonds is 7. The summed E-state index contributed by atoms with van der Waals surface area (Å²) in [7, 11) is -3.83. The van der Waals surface area contributed by atoms with E-state index in [4.69, 9.17) is 0 Å². The topological polar surface area (TPSA) is 107 Å². The van der Waals surface area contributed by atoms with Crippen LogP contribution in [0, 0.1) is 29.9 Å². The van der Waals surface area contributed by atoms with Crippen LogP contribution >= 0.6 is 0 Å². The van der Waals surface area contributed by atoms with Crippen molar-refractivity contribution in [2.24, 2.45) is 5.92 Å². The van der Waals surface area contributed by atoms with Crippen LogP contribution in [0.15, 0.2) is 35.5 Å². The van der Waals surface area contributed by atoms with Crippen molar-refractivity contribution in [3.8, 4) is 0 Å². The molecule has 2 rings (SSSR count). The summed E-state index contributed by atoms with van der Waals surface area (Å²) in [6, 6.07) is 4.27. The molecule has 0 aliphatic carbocycles. The van der Waals surface area contributed by atoms with Crippen LogP contribution in [-0.4, -0.2) is 29.7 Å². The molecule has 130 valence electrons. The van der Waals surface area contributed by atoms with E-state index < -0.39 is 14.9 Å². The van der Waals surface area contributed by atoms with Crippen LogP contribution in [0.2, 0.25) is 0 Å². The zero-order chi connectivity index (χ0) is 17.9. The number of nitrogens with zero attached hydrogens (tertiary/aromatic N) is 3. The standard InChI is InChI=1S/C15H20N4O4S/c1-11(10-18-6-4-5-16-18)9-17-24(22,23)15-8-14(19(20)21)7-12(2)13(15)3/h4-8,11,17H,9-10H2,1-3H3. The molecule has 0 saturated carbocycles. The van der Waals surface area contributed by atoms with Crippen molar-refractivity contribution in [1.82, 2.24) is 14.5 Å². The number of hydrogen-bond donors (Lipinski definition) is 1. The van der Waals surface area contributed by atoms with Crippen LogP contribution in [-0.2, 0) is 16.6 Å². The molecular weight excluding hydrogens is 332 g/mol. The fourth-order valence-electron chi connectivity index (χ4n) is 2.32. The highest BCUT2D eigenvalue weighted by Crippen LogP contribution is 2.25. The number of benzene rings is 1. The van der Waals surface area contributed by atoms with Crippen molar-refractivity contribution >= 4 is 15.7 Å². The van der Waals surface area contributed by atoms with E-state index in [9.17, 15) is 18.5 Å². The Kier molecular flexibility index (Phi) is 5.35. The second-order valence-corrected chi connectivity index (χ2v) is 7.56. The van der Waals surface area contributed by atoms with Crippen LogP contribution in [0.4, 0.5) is 5.69 Å². The highest BCUT2D eigenvalue weighted by Gasteiger charge is 2.22. The number of nitro benzene ring substituents is 1. The minimum atomic E-state index is -3.83. The van der Waals surface area contributed by atoms with E-state index in [1.807, 2.05) is 6.92 Å². The summed E-state index contributed by atoms with van der Waals surface area (Å²) >= 11 is 0. The molecule has 0 saturated heterocycles. The van der Waals surface area contributed by atoms with Gasteiger partial charge in [0.1, 0.15) is 0 Å². The summed E-state index contributed by atoms with van der Waals surface area (Å²) < 4.78 is 29.3. The van der Waals surface area contributed by atoms with E-state index in [1.54, 1.807) is 37.0 Å². The minimum Gasteiger partial charge on any atom is -0.272 e. The molecule has 0 amide bonds. The zero-order valence-electron chi connectivity index (χ0n) is 13.8. The molecule has 0 spiro atoms. The first-order valence-electron chi connectivity index (χ1n) is 7.43. The highest BCUT2D eigenvalue weighted by molar-refractivity contribution is 7.89. The zero-order valence-corrected chi connectivity index (χ0v) is 14.6. The second kappa shape index (κ2) is 7.10. The maximum Gasteiger partial charge on any atom is 0.271 e. The monoisotopic (exact) mass is 352 g/mol. The number of aryl methyl sites for hydroxylation is 1. The lowest BCUT2D eigenvalue weighted by Gasteiger charge is -2.15. The largest absolute Gasteiger partial charge is 0.272 e. The molecule has 9 heteroatoms. The quantitative estimate of drug-likeness (QED) is 0.606. The summed E-state index contributed by atoms with van der Waals surface area (Å²) in [5.41, 5.74) is 0.838.